The van der Waals surface area contributed by atoms with E-state index in [1.807, 2.05) is 22.7 Å². The molecule has 0 bridgehead atoms. The Labute approximate surface area is 341 Å². The first-order chi connectivity index (χ1) is 28.7. The minimum atomic E-state index is 1.18. The van der Waals surface area contributed by atoms with E-state index in [2.05, 4.69) is 203 Å². The molecule has 13 aromatic rings. The van der Waals surface area contributed by atoms with Gasteiger partial charge in [-0.15, -0.1) is 22.7 Å². The van der Waals surface area contributed by atoms with Crippen LogP contribution in [-0.2, 0) is 0 Å². The molecule has 0 N–H and O–H groups in total. The number of fused-ring (bicyclic) bond motifs is 12. The topological polar surface area (TPSA) is 9.86 Å². The van der Waals surface area contributed by atoms with E-state index in [4.69, 9.17) is 0 Å². The Morgan fingerprint density at radius 3 is 1.45 bits per heavy atom. The van der Waals surface area contributed by atoms with Crippen LogP contribution in [0, 0.1) is 0 Å². The standard InChI is InChI=1S/C54H32N2S2/c1-2-11-33(12-3-1)38-16-10-17-42-44-30-35(22-26-49(44)56(54(38)42)37-24-28-53-46(32-37)41-15-6-9-20-51(41)58-53)34-21-25-48-43(29-34)39-13-4-7-18-47(39)55(48)36-23-27-52-45(31-36)40-14-5-8-19-50(40)57-52/h1-32H. The molecule has 0 fully saturated rings. The van der Waals surface area contributed by atoms with Gasteiger partial charge in [0.15, 0.2) is 0 Å². The summed E-state index contributed by atoms with van der Waals surface area (Å²) in [4.78, 5) is 0. The highest BCUT2D eigenvalue weighted by Gasteiger charge is 2.20. The number of hydrogen-bond donors (Lipinski definition) is 0. The molecule has 0 atom stereocenters. The molecule has 0 aliphatic heterocycles. The molecule has 13 rings (SSSR count). The van der Waals surface area contributed by atoms with E-state index in [1.165, 1.54) is 118 Å². The molecular weight excluding hydrogens is 741 g/mol. The Hall–Kier alpha value is -6.98. The molecule has 4 heterocycles. The maximum absolute atomic E-state index is 2.49. The molecule has 0 aliphatic carbocycles. The second kappa shape index (κ2) is 12.3. The summed E-state index contributed by atoms with van der Waals surface area (Å²) in [5, 5.41) is 10.3. The molecule has 2 nitrogen and oxygen atoms in total. The predicted molar refractivity (Wildman–Crippen MR) is 252 cm³/mol. The number of aromatic nitrogens is 2. The van der Waals surface area contributed by atoms with Crippen LogP contribution < -0.4 is 0 Å². The summed E-state index contributed by atoms with van der Waals surface area (Å²) in [6.07, 6.45) is 0. The van der Waals surface area contributed by atoms with Crippen LogP contribution in [0.15, 0.2) is 194 Å². The summed E-state index contributed by atoms with van der Waals surface area (Å²) >= 11 is 3.73. The van der Waals surface area contributed by atoms with Crippen LogP contribution >= 0.6 is 22.7 Å². The number of hydrogen-bond acceptors (Lipinski definition) is 2. The van der Waals surface area contributed by atoms with Gasteiger partial charge < -0.3 is 9.13 Å². The fourth-order valence-corrected chi connectivity index (χ4v) is 11.7. The van der Waals surface area contributed by atoms with E-state index in [9.17, 15) is 0 Å². The third-order valence-corrected chi connectivity index (χ3v) is 14.4. The quantitative estimate of drug-likeness (QED) is 0.169. The van der Waals surface area contributed by atoms with Gasteiger partial charge >= 0.3 is 0 Å². The van der Waals surface area contributed by atoms with Crippen molar-refractivity contribution in [3.05, 3.63) is 194 Å². The Morgan fingerprint density at radius 1 is 0.276 bits per heavy atom. The van der Waals surface area contributed by atoms with Gasteiger partial charge in [-0.05, 0) is 95.6 Å². The Balaban J connectivity index is 1.02. The number of nitrogens with zero attached hydrogens (tertiary/aromatic N) is 2. The highest BCUT2D eigenvalue weighted by Crippen LogP contribution is 2.43. The summed E-state index contributed by atoms with van der Waals surface area (Å²) in [6, 6.07) is 72.0. The van der Waals surface area contributed by atoms with Crippen LogP contribution in [0.5, 0.6) is 0 Å². The second-order valence-corrected chi connectivity index (χ2v) is 17.4. The molecular formula is C54H32N2S2. The van der Waals surface area contributed by atoms with E-state index in [0.29, 0.717) is 0 Å². The van der Waals surface area contributed by atoms with Crippen molar-refractivity contribution < 1.29 is 0 Å². The van der Waals surface area contributed by atoms with E-state index >= 15 is 0 Å². The van der Waals surface area contributed by atoms with E-state index < -0.39 is 0 Å². The number of benzene rings is 9. The van der Waals surface area contributed by atoms with Crippen LogP contribution in [0.4, 0.5) is 0 Å². The van der Waals surface area contributed by atoms with Crippen molar-refractivity contribution >= 4 is 107 Å². The van der Waals surface area contributed by atoms with Crippen LogP contribution in [-0.4, -0.2) is 9.13 Å². The van der Waals surface area contributed by atoms with Gasteiger partial charge in [0.25, 0.3) is 0 Å². The maximum atomic E-state index is 2.49. The lowest BCUT2D eigenvalue weighted by molar-refractivity contribution is 1.19. The zero-order valence-corrected chi connectivity index (χ0v) is 32.8. The van der Waals surface area contributed by atoms with Gasteiger partial charge in [0, 0.05) is 78.8 Å². The average Bonchev–Trinajstić information content (AvgIpc) is 4.03. The zero-order chi connectivity index (χ0) is 37.9. The molecule has 0 spiro atoms. The van der Waals surface area contributed by atoms with Crippen molar-refractivity contribution in [2.75, 3.05) is 0 Å². The lowest BCUT2D eigenvalue weighted by atomic mass is 9.99. The summed E-state index contributed by atoms with van der Waals surface area (Å²) in [7, 11) is 0. The maximum Gasteiger partial charge on any atom is 0.0619 e. The molecule has 0 radical (unpaired) electrons. The Bertz CT molecular complexity index is 3800. The molecule has 58 heavy (non-hydrogen) atoms. The first-order valence-electron chi connectivity index (χ1n) is 19.7. The van der Waals surface area contributed by atoms with Crippen molar-refractivity contribution in [1.29, 1.82) is 0 Å². The Morgan fingerprint density at radius 2 is 0.776 bits per heavy atom. The molecule has 4 heteroatoms. The number of thiophene rings is 2. The van der Waals surface area contributed by atoms with Crippen molar-refractivity contribution in [2.45, 2.75) is 0 Å². The van der Waals surface area contributed by atoms with Gasteiger partial charge in [0.05, 0.1) is 22.1 Å². The largest absolute Gasteiger partial charge is 0.309 e. The van der Waals surface area contributed by atoms with Gasteiger partial charge in [-0.2, -0.15) is 0 Å². The molecule has 270 valence electrons. The molecule has 4 aromatic heterocycles. The smallest absolute Gasteiger partial charge is 0.0619 e. The summed E-state index contributed by atoms with van der Waals surface area (Å²) in [5.41, 5.74) is 12.1. The van der Waals surface area contributed by atoms with Crippen molar-refractivity contribution in [3.63, 3.8) is 0 Å². The van der Waals surface area contributed by atoms with Crippen molar-refractivity contribution in [1.82, 2.24) is 9.13 Å². The normalized spacial score (nSPS) is 12.1. The molecule has 0 aliphatic rings. The first kappa shape index (κ1) is 32.1. The molecule has 0 saturated heterocycles. The highest BCUT2D eigenvalue weighted by atomic mass is 32.1. The number of para-hydroxylation sites is 2. The number of rotatable bonds is 4. The minimum Gasteiger partial charge on any atom is -0.309 e. The highest BCUT2D eigenvalue weighted by molar-refractivity contribution is 7.26. The van der Waals surface area contributed by atoms with Crippen molar-refractivity contribution in [2.24, 2.45) is 0 Å². The summed E-state index contributed by atoms with van der Waals surface area (Å²) in [5.74, 6) is 0. The van der Waals surface area contributed by atoms with Crippen LogP contribution in [0.2, 0.25) is 0 Å². The third-order valence-electron chi connectivity index (χ3n) is 12.1. The second-order valence-electron chi connectivity index (χ2n) is 15.3. The average molecular weight is 773 g/mol. The minimum absolute atomic E-state index is 1.18. The van der Waals surface area contributed by atoms with Crippen LogP contribution in [0.3, 0.4) is 0 Å². The van der Waals surface area contributed by atoms with Gasteiger partial charge in [0.2, 0.25) is 0 Å². The molecule has 0 unspecified atom stereocenters. The summed E-state index contributed by atoms with van der Waals surface area (Å²) < 4.78 is 10.2. The van der Waals surface area contributed by atoms with Gasteiger partial charge in [0.1, 0.15) is 0 Å². The Kier molecular flexibility index (Phi) is 6.79. The van der Waals surface area contributed by atoms with Gasteiger partial charge in [-0.3, -0.25) is 0 Å². The molecule has 9 aromatic carbocycles. The van der Waals surface area contributed by atoms with Crippen LogP contribution in [0.25, 0.3) is 118 Å². The third kappa shape index (κ3) is 4.64. The van der Waals surface area contributed by atoms with E-state index in [1.54, 1.807) is 0 Å². The first-order valence-corrected chi connectivity index (χ1v) is 21.4. The fourth-order valence-electron chi connectivity index (χ4n) is 9.50. The van der Waals surface area contributed by atoms with Gasteiger partial charge in [-0.25, -0.2) is 0 Å². The predicted octanol–water partition coefficient (Wildman–Crippen LogP) is 16.0. The fraction of sp³-hybridized carbons (Fsp3) is 0. The van der Waals surface area contributed by atoms with E-state index in [0.717, 1.165) is 0 Å². The van der Waals surface area contributed by atoms with E-state index in [-0.39, 0.29) is 0 Å². The van der Waals surface area contributed by atoms with Gasteiger partial charge in [-0.1, -0.05) is 115 Å². The van der Waals surface area contributed by atoms with Crippen molar-refractivity contribution in [3.8, 4) is 33.6 Å². The zero-order valence-electron chi connectivity index (χ0n) is 31.2. The molecule has 0 amide bonds. The lowest BCUT2D eigenvalue weighted by Gasteiger charge is -2.12. The summed E-state index contributed by atoms with van der Waals surface area (Å²) in [6.45, 7) is 0. The SMILES string of the molecule is c1ccc(-c2cccc3c4cc(-c5ccc6c(c5)c5ccccc5n6-c5ccc6sc7ccccc7c6c5)ccc4n(-c4ccc5sc6ccccc6c5c4)c23)cc1. The molecule has 0 saturated carbocycles. The van der Waals surface area contributed by atoms with Crippen LogP contribution in [0.1, 0.15) is 0 Å². The lowest BCUT2D eigenvalue weighted by Crippen LogP contribution is -1.95. The monoisotopic (exact) mass is 772 g/mol.